The maximum atomic E-state index is 2.94. The second kappa shape index (κ2) is 5.98. The molecule has 0 amide bonds. The Bertz CT molecular complexity index is 1700. The highest BCUT2D eigenvalue weighted by atomic mass is 27.1. The molecule has 3 aromatic heterocycles. The number of para-hydroxylation sites is 2. The standard InChI is InChI=1S/C24H12N3.3Al/c1-3-7-17-13(5-1)15-9-11-19-21(23(15)26-17)22-20(25-19)12-10-16-14-6-2-4-8-18(14)27-24(16)22;;;/h1-12H;;;/q-3;3*+1. The van der Waals surface area contributed by atoms with Crippen LogP contribution in [0.5, 0.6) is 0 Å². The molecular formula is C24H12Al3N3. The van der Waals surface area contributed by atoms with Gasteiger partial charge in [0.25, 0.3) is 0 Å². The molecule has 0 bridgehead atoms. The Morgan fingerprint density at radius 3 is 1.30 bits per heavy atom. The van der Waals surface area contributed by atoms with E-state index in [1.807, 2.05) is 0 Å². The van der Waals surface area contributed by atoms with Crippen molar-refractivity contribution in [1.82, 2.24) is 10.7 Å². The van der Waals surface area contributed by atoms with E-state index in [4.69, 9.17) is 0 Å². The van der Waals surface area contributed by atoms with Crippen LogP contribution in [0.1, 0.15) is 0 Å². The molecule has 3 heterocycles. The van der Waals surface area contributed by atoms with Crippen LogP contribution in [-0.4, -0.2) is 60.2 Å². The number of rotatable bonds is 0. The van der Waals surface area contributed by atoms with E-state index in [-0.39, 0.29) is 0 Å². The van der Waals surface area contributed by atoms with Crippen LogP contribution in [0.3, 0.4) is 0 Å². The van der Waals surface area contributed by atoms with Gasteiger partial charge >= 0.3 is 49.5 Å². The van der Waals surface area contributed by atoms with Gasteiger partial charge in [0, 0.05) is 65.4 Å². The van der Waals surface area contributed by atoms with Crippen molar-refractivity contribution in [2.75, 3.05) is 0 Å². The average Bonchev–Trinajstić information content (AvgIpc) is 3.36. The maximum absolute atomic E-state index is 2.94. The van der Waals surface area contributed by atoms with Gasteiger partial charge in [0.2, 0.25) is 0 Å². The highest BCUT2D eigenvalue weighted by Gasteiger charge is 2.19. The van der Waals surface area contributed by atoms with Gasteiger partial charge in [-0.2, -0.15) is 0 Å². The highest BCUT2D eigenvalue weighted by Crippen LogP contribution is 2.42. The SMILES string of the molecule is [Al][n]1c2ccc3c4ccccc4[n]([Al])c3c2c2c1ccc1c3ccccc3[n]([Al])c12. The number of hydrogen-bond donors (Lipinski definition) is 0. The van der Waals surface area contributed by atoms with E-state index < -0.39 is 0 Å². The molecule has 6 radical (unpaired) electrons. The molecule has 6 heteroatoms. The summed E-state index contributed by atoms with van der Waals surface area (Å²) in [7, 11) is 0. The third kappa shape index (κ3) is 1.98. The summed E-state index contributed by atoms with van der Waals surface area (Å²) in [6.45, 7) is 0. The van der Waals surface area contributed by atoms with Crippen LogP contribution in [0, 0.1) is 0 Å². The van der Waals surface area contributed by atoms with Gasteiger partial charge in [-0.05, 0) is 24.3 Å². The van der Waals surface area contributed by atoms with Crippen LogP contribution >= 0.6 is 0 Å². The van der Waals surface area contributed by atoms with Crippen molar-refractivity contribution in [3.05, 3.63) is 72.8 Å². The molecule has 0 saturated carbocycles. The van der Waals surface area contributed by atoms with E-state index in [0.29, 0.717) is 0 Å². The first-order valence-corrected chi connectivity index (χ1v) is 11.4. The summed E-state index contributed by atoms with van der Waals surface area (Å²) in [5, 5.41) is 7.73. The third-order valence-electron chi connectivity index (χ3n) is 6.47. The van der Waals surface area contributed by atoms with Crippen molar-refractivity contribution >= 4 is 115 Å². The first-order valence-electron chi connectivity index (χ1n) is 9.84. The normalized spacial score (nSPS) is 12.4. The minimum absolute atomic E-state index is 1.22. The van der Waals surface area contributed by atoms with Crippen LogP contribution in [-0.2, 0) is 0 Å². The number of benzene rings is 4. The Labute approximate surface area is 197 Å². The molecule has 132 valence electrons. The fourth-order valence-electron chi connectivity index (χ4n) is 5.18. The van der Waals surface area contributed by atoms with E-state index >= 15 is 0 Å². The summed E-state index contributed by atoms with van der Waals surface area (Å²) < 4.78 is 6.78. The van der Waals surface area contributed by atoms with E-state index in [9.17, 15) is 0 Å². The average molecular weight is 423 g/mol. The summed E-state index contributed by atoms with van der Waals surface area (Å²) >= 11 is 8.79. The Morgan fingerprint density at radius 1 is 0.400 bits per heavy atom. The topological polar surface area (TPSA) is 14.8 Å². The first-order chi connectivity index (χ1) is 14.7. The predicted molar refractivity (Wildman–Crippen MR) is 129 cm³/mol. The fraction of sp³-hybridized carbons (Fsp3) is 0. The number of aromatic nitrogens is 3. The molecule has 0 aliphatic rings. The van der Waals surface area contributed by atoms with Crippen LogP contribution in [0.4, 0.5) is 0 Å². The smallest absolute Gasteiger partial charge is 0.318 e. The molecule has 4 aromatic carbocycles. The summed E-state index contributed by atoms with van der Waals surface area (Å²) in [6, 6.07) is 26.3. The molecule has 0 unspecified atom stereocenters. The molecule has 3 nitrogen and oxygen atoms in total. The molecule has 0 aliphatic heterocycles. The zero-order valence-electron chi connectivity index (χ0n) is 16.0. The second-order valence-corrected chi connectivity index (χ2v) is 9.41. The van der Waals surface area contributed by atoms with Gasteiger partial charge in [0.15, 0.2) is 0 Å². The van der Waals surface area contributed by atoms with E-state index in [0.717, 1.165) is 0 Å². The highest BCUT2D eigenvalue weighted by molar-refractivity contribution is 6.39. The van der Waals surface area contributed by atoms with Crippen LogP contribution in [0.2, 0.25) is 0 Å². The molecule has 30 heavy (non-hydrogen) atoms. The molecule has 7 rings (SSSR count). The molecule has 0 saturated heterocycles. The molecule has 0 fully saturated rings. The van der Waals surface area contributed by atoms with Gasteiger partial charge in [0.05, 0.1) is 0 Å². The lowest BCUT2D eigenvalue weighted by molar-refractivity contribution is 1.38. The van der Waals surface area contributed by atoms with Crippen molar-refractivity contribution in [1.29, 1.82) is 0 Å². The lowest BCUT2D eigenvalue weighted by Crippen LogP contribution is -1.92. The minimum Gasteiger partial charge on any atom is -0.451 e. The Balaban J connectivity index is 1.88. The molecular weight excluding hydrogens is 411 g/mol. The van der Waals surface area contributed by atoms with Crippen molar-refractivity contribution in [3.8, 4) is 0 Å². The monoisotopic (exact) mass is 423 g/mol. The zero-order chi connectivity index (χ0) is 20.1. The van der Waals surface area contributed by atoms with E-state index in [2.05, 4.69) is 133 Å². The van der Waals surface area contributed by atoms with Gasteiger partial charge in [0.1, 0.15) is 0 Å². The molecule has 0 spiro atoms. The van der Waals surface area contributed by atoms with Crippen LogP contribution < -0.4 is 0 Å². The summed E-state index contributed by atoms with van der Waals surface area (Å²) in [5.41, 5.74) is 7.41. The zero-order valence-corrected chi connectivity index (χ0v) is 19.5. The predicted octanol–water partition coefficient (Wildman–Crippen LogP) is 4.81. The van der Waals surface area contributed by atoms with Crippen molar-refractivity contribution in [2.24, 2.45) is 0 Å². The van der Waals surface area contributed by atoms with E-state index in [1.54, 1.807) is 0 Å². The van der Waals surface area contributed by atoms with Crippen molar-refractivity contribution in [3.63, 3.8) is 0 Å². The van der Waals surface area contributed by atoms with Crippen LogP contribution in [0.25, 0.3) is 65.4 Å². The largest absolute Gasteiger partial charge is 0.451 e. The summed E-state index contributed by atoms with van der Waals surface area (Å²) in [6.07, 6.45) is 0. The molecule has 0 N–H and O–H groups in total. The first kappa shape index (κ1) is 17.5. The molecule has 7 aromatic rings. The van der Waals surface area contributed by atoms with Gasteiger partial charge in [-0.15, -0.1) is 0 Å². The lowest BCUT2D eigenvalue weighted by Gasteiger charge is -2.06. The van der Waals surface area contributed by atoms with Gasteiger partial charge in [-0.3, -0.25) is 0 Å². The fourth-order valence-corrected chi connectivity index (χ4v) is 6.60. The molecule has 0 aliphatic carbocycles. The Morgan fingerprint density at radius 2 is 0.833 bits per heavy atom. The number of nitrogens with zero attached hydrogens (tertiary/aromatic N) is 3. The van der Waals surface area contributed by atoms with Crippen LogP contribution in [0.15, 0.2) is 72.8 Å². The Kier molecular flexibility index (Phi) is 3.50. The lowest BCUT2D eigenvalue weighted by atomic mass is 10.1. The van der Waals surface area contributed by atoms with Crippen molar-refractivity contribution in [2.45, 2.75) is 0 Å². The third-order valence-corrected chi connectivity index (χ3v) is 8.10. The summed E-state index contributed by atoms with van der Waals surface area (Å²) in [5.74, 6) is 0. The van der Waals surface area contributed by atoms with Gasteiger partial charge in [-0.25, -0.2) is 0 Å². The maximum Gasteiger partial charge on any atom is 0.318 e. The second-order valence-electron chi connectivity index (χ2n) is 7.86. The van der Waals surface area contributed by atoms with Gasteiger partial charge < -0.3 is 10.7 Å². The van der Waals surface area contributed by atoms with E-state index in [1.165, 1.54) is 65.4 Å². The molecule has 0 atom stereocenters. The summed E-state index contributed by atoms with van der Waals surface area (Å²) in [4.78, 5) is 0. The van der Waals surface area contributed by atoms with Gasteiger partial charge in [-0.1, -0.05) is 48.5 Å². The Hall–Kier alpha value is -2.12. The van der Waals surface area contributed by atoms with Crippen molar-refractivity contribution < 1.29 is 0 Å². The number of hydrogen-bond acceptors (Lipinski definition) is 0. The minimum atomic E-state index is 1.22. The quantitative estimate of drug-likeness (QED) is 0.311. The number of fused-ring (bicyclic) bond motifs is 11.